The zero-order valence-corrected chi connectivity index (χ0v) is 11.2. The Bertz CT molecular complexity index is 384. The minimum atomic E-state index is 0.583. The number of nitrogens with one attached hydrogen (secondary N) is 1. The van der Waals surface area contributed by atoms with Crippen LogP contribution in [0.25, 0.3) is 0 Å². The van der Waals surface area contributed by atoms with E-state index in [4.69, 9.17) is 0 Å². The van der Waals surface area contributed by atoms with E-state index in [1.54, 1.807) is 0 Å². The van der Waals surface area contributed by atoms with Gasteiger partial charge in [-0.2, -0.15) is 0 Å². The van der Waals surface area contributed by atoms with E-state index in [-0.39, 0.29) is 0 Å². The third-order valence-corrected chi connectivity index (χ3v) is 2.86. The highest BCUT2D eigenvalue weighted by Crippen LogP contribution is 2.17. The number of hydrogen-bond acceptors (Lipinski definition) is 1. The summed E-state index contributed by atoms with van der Waals surface area (Å²) in [5.74, 6) is 0.583. The van der Waals surface area contributed by atoms with E-state index < -0.39 is 0 Å². The minimum absolute atomic E-state index is 0.583. The number of anilines is 1. The molecule has 1 aromatic rings. The fraction of sp³-hybridized carbons (Fsp3) is 0.375. The normalized spacial score (nSPS) is 10.4. The van der Waals surface area contributed by atoms with E-state index in [0.29, 0.717) is 5.92 Å². The molecule has 0 heterocycles. The van der Waals surface area contributed by atoms with E-state index >= 15 is 0 Å². The Labute approximate surface area is 105 Å². The summed E-state index contributed by atoms with van der Waals surface area (Å²) in [5, 5.41) is 3.20. The lowest BCUT2D eigenvalue weighted by atomic mass is 9.97. The highest BCUT2D eigenvalue weighted by Gasteiger charge is 2.01. The number of allylic oxidation sites excluding steroid dienone is 2. The van der Waals surface area contributed by atoms with Gasteiger partial charge in [-0.3, -0.25) is 0 Å². The first-order chi connectivity index (χ1) is 7.99. The second-order valence-corrected chi connectivity index (χ2v) is 4.92. The van der Waals surface area contributed by atoms with E-state index in [0.717, 1.165) is 24.2 Å². The van der Waals surface area contributed by atoms with Crippen LogP contribution in [0.3, 0.4) is 0 Å². The average molecular weight is 229 g/mol. The summed E-state index contributed by atoms with van der Waals surface area (Å²) in [7, 11) is 0. The third kappa shape index (κ3) is 4.90. The van der Waals surface area contributed by atoms with Crippen LogP contribution in [0.5, 0.6) is 0 Å². The van der Waals surface area contributed by atoms with Crippen LogP contribution in [-0.4, -0.2) is 0 Å². The van der Waals surface area contributed by atoms with Crippen molar-refractivity contribution in [1.82, 2.24) is 0 Å². The van der Waals surface area contributed by atoms with Crippen LogP contribution in [-0.2, 0) is 6.42 Å². The lowest BCUT2D eigenvalue weighted by Crippen LogP contribution is -1.96. The maximum atomic E-state index is 4.10. The first-order valence-electron chi connectivity index (χ1n) is 6.18. The largest absolute Gasteiger partial charge is 0.360 e. The molecule has 0 aromatic heterocycles. The molecule has 1 aromatic carbocycles. The van der Waals surface area contributed by atoms with Gasteiger partial charge in [-0.1, -0.05) is 44.7 Å². The van der Waals surface area contributed by atoms with E-state index in [9.17, 15) is 0 Å². The smallest absolute Gasteiger partial charge is 0.0381 e. The van der Waals surface area contributed by atoms with Crippen molar-refractivity contribution in [2.75, 3.05) is 5.32 Å². The molecule has 1 rings (SSSR count). The molecule has 0 atom stereocenters. The maximum Gasteiger partial charge on any atom is 0.0381 e. The molecule has 92 valence electrons. The van der Waals surface area contributed by atoms with E-state index in [1.807, 2.05) is 6.92 Å². The Morgan fingerprint density at radius 3 is 2.24 bits per heavy atom. The zero-order valence-electron chi connectivity index (χ0n) is 11.2. The highest BCUT2D eigenvalue weighted by atomic mass is 14.9. The Hall–Kier alpha value is -1.50. The Morgan fingerprint density at radius 2 is 1.76 bits per heavy atom. The van der Waals surface area contributed by atoms with Gasteiger partial charge in [-0.15, -0.1) is 0 Å². The van der Waals surface area contributed by atoms with Gasteiger partial charge in [0.2, 0.25) is 0 Å². The molecule has 0 aliphatic heterocycles. The molecule has 0 aliphatic rings. The molecule has 1 nitrogen and oxygen atoms in total. The number of rotatable bonds is 6. The second-order valence-electron chi connectivity index (χ2n) is 4.92. The Morgan fingerprint density at radius 1 is 1.18 bits per heavy atom. The van der Waals surface area contributed by atoms with Crippen LogP contribution in [0.2, 0.25) is 0 Å². The Balaban J connectivity index is 2.51. The number of hydrogen-bond donors (Lipinski definition) is 1. The SMILES string of the molecule is C=C(C)Nc1ccc(CCC(=C)C(C)C)cc1. The molecule has 0 amide bonds. The molecule has 17 heavy (non-hydrogen) atoms. The predicted octanol–water partition coefficient (Wildman–Crippen LogP) is 4.78. The van der Waals surface area contributed by atoms with Crippen molar-refractivity contribution in [2.45, 2.75) is 33.6 Å². The summed E-state index contributed by atoms with van der Waals surface area (Å²) >= 11 is 0. The van der Waals surface area contributed by atoms with E-state index in [2.05, 4.69) is 56.6 Å². The number of aryl methyl sites for hydroxylation is 1. The average Bonchev–Trinajstić information content (AvgIpc) is 2.26. The monoisotopic (exact) mass is 229 g/mol. The highest BCUT2D eigenvalue weighted by molar-refractivity contribution is 5.48. The summed E-state index contributed by atoms with van der Waals surface area (Å²) in [6.07, 6.45) is 2.15. The van der Waals surface area contributed by atoms with Crippen molar-refractivity contribution in [3.63, 3.8) is 0 Å². The molecule has 0 saturated heterocycles. The van der Waals surface area contributed by atoms with Crippen molar-refractivity contribution in [3.05, 3.63) is 54.3 Å². The molecule has 0 spiro atoms. The van der Waals surface area contributed by atoms with Crippen LogP contribution >= 0.6 is 0 Å². The van der Waals surface area contributed by atoms with Crippen molar-refractivity contribution in [1.29, 1.82) is 0 Å². The molecular formula is C16H23N. The molecule has 0 radical (unpaired) electrons. The predicted molar refractivity (Wildman–Crippen MR) is 77.2 cm³/mol. The third-order valence-electron chi connectivity index (χ3n) is 2.86. The molecule has 1 N–H and O–H groups in total. The lowest BCUT2D eigenvalue weighted by molar-refractivity contribution is 0.713. The quantitative estimate of drug-likeness (QED) is 0.692. The van der Waals surface area contributed by atoms with Gasteiger partial charge in [0.1, 0.15) is 0 Å². The molecule has 0 saturated carbocycles. The van der Waals surface area contributed by atoms with Gasteiger partial charge in [0, 0.05) is 11.4 Å². The summed E-state index contributed by atoms with van der Waals surface area (Å²) in [6, 6.07) is 8.53. The summed E-state index contributed by atoms with van der Waals surface area (Å²) in [5.41, 5.74) is 4.75. The fourth-order valence-corrected chi connectivity index (χ4v) is 1.59. The molecule has 1 heteroatoms. The van der Waals surface area contributed by atoms with Crippen LogP contribution in [0, 0.1) is 5.92 Å². The number of benzene rings is 1. The Kier molecular flexibility index (Phi) is 5.02. The minimum Gasteiger partial charge on any atom is -0.360 e. The van der Waals surface area contributed by atoms with E-state index in [1.165, 1.54) is 11.1 Å². The molecule has 0 aliphatic carbocycles. The first-order valence-corrected chi connectivity index (χ1v) is 6.18. The summed E-state index contributed by atoms with van der Waals surface area (Å²) in [4.78, 5) is 0. The fourth-order valence-electron chi connectivity index (χ4n) is 1.59. The lowest BCUT2D eigenvalue weighted by Gasteiger charge is -2.10. The van der Waals surface area contributed by atoms with Gasteiger partial charge in [-0.05, 0) is 43.4 Å². The van der Waals surface area contributed by atoms with Gasteiger partial charge >= 0.3 is 0 Å². The van der Waals surface area contributed by atoms with Crippen LogP contribution < -0.4 is 5.32 Å². The maximum absolute atomic E-state index is 4.10. The standard InChI is InChI=1S/C16H23N/c1-12(2)14(5)6-7-15-8-10-16(11-9-15)17-13(3)4/h8-12,17H,3,5-7H2,1-2,4H3. The molecule has 0 unspecified atom stereocenters. The van der Waals surface area contributed by atoms with Gasteiger partial charge in [0.15, 0.2) is 0 Å². The van der Waals surface area contributed by atoms with Crippen LogP contribution in [0.15, 0.2) is 48.7 Å². The van der Waals surface area contributed by atoms with Crippen LogP contribution in [0.1, 0.15) is 32.8 Å². The van der Waals surface area contributed by atoms with Gasteiger partial charge < -0.3 is 5.32 Å². The first kappa shape index (κ1) is 13.6. The topological polar surface area (TPSA) is 12.0 Å². The zero-order chi connectivity index (χ0) is 12.8. The van der Waals surface area contributed by atoms with Crippen molar-refractivity contribution >= 4 is 5.69 Å². The van der Waals surface area contributed by atoms with Gasteiger partial charge in [-0.25, -0.2) is 0 Å². The van der Waals surface area contributed by atoms with Gasteiger partial charge in [0.05, 0.1) is 0 Å². The van der Waals surface area contributed by atoms with Crippen molar-refractivity contribution in [3.8, 4) is 0 Å². The van der Waals surface area contributed by atoms with Gasteiger partial charge in [0.25, 0.3) is 0 Å². The molecular weight excluding hydrogens is 206 g/mol. The summed E-state index contributed by atoms with van der Waals surface area (Å²) < 4.78 is 0. The molecule has 0 fully saturated rings. The van der Waals surface area contributed by atoms with Crippen molar-refractivity contribution < 1.29 is 0 Å². The summed E-state index contributed by atoms with van der Waals surface area (Å²) in [6.45, 7) is 14.3. The van der Waals surface area contributed by atoms with Crippen molar-refractivity contribution in [2.24, 2.45) is 5.92 Å². The molecule has 0 bridgehead atoms. The van der Waals surface area contributed by atoms with Crippen LogP contribution in [0.4, 0.5) is 5.69 Å². The second kappa shape index (κ2) is 6.29.